The number of aromatic nitrogens is 1. The van der Waals surface area contributed by atoms with Crippen LogP contribution >= 0.6 is 11.6 Å². The minimum Gasteiger partial charge on any atom is -0.367 e. The molecule has 1 aromatic carbocycles. The van der Waals surface area contributed by atoms with Crippen LogP contribution in [0.15, 0.2) is 24.3 Å². The fourth-order valence-corrected chi connectivity index (χ4v) is 3.41. The van der Waals surface area contributed by atoms with E-state index < -0.39 is 0 Å². The van der Waals surface area contributed by atoms with Crippen LogP contribution in [-0.4, -0.2) is 24.0 Å². The molecule has 1 amide bonds. The van der Waals surface area contributed by atoms with Gasteiger partial charge in [-0.3, -0.25) is 4.79 Å². The topological polar surface area (TPSA) is 54.0 Å². The maximum absolute atomic E-state index is 13.9. The number of carbonyl (C=O) groups is 1. The van der Waals surface area contributed by atoms with Crippen LogP contribution in [0.3, 0.4) is 0 Å². The molecule has 0 saturated heterocycles. The molecule has 0 bridgehead atoms. The average molecular weight is 336 g/mol. The van der Waals surface area contributed by atoms with Crippen molar-refractivity contribution in [3.63, 3.8) is 0 Å². The van der Waals surface area contributed by atoms with E-state index in [0.29, 0.717) is 11.2 Å². The summed E-state index contributed by atoms with van der Waals surface area (Å²) in [5.74, 6) is 0.491. The number of nitrogens with zero attached hydrogens (tertiary/aromatic N) is 1. The number of nitrogens with one attached hydrogen (secondary N) is 2. The van der Waals surface area contributed by atoms with E-state index in [1.165, 1.54) is 6.07 Å². The van der Waals surface area contributed by atoms with E-state index in [1.54, 1.807) is 19.2 Å². The molecule has 1 aliphatic rings. The fourth-order valence-electron chi connectivity index (χ4n) is 3.22. The highest BCUT2D eigenvalue weighted by molar-refractivity contribution is 6.30. The van der Waals surface area contributed by atoms with Crippen LogP contribution in [0.25, 0.3) is 10.8 Å². The van der Waals surface area contributed by atoms with Crippen LogP contribution in [0.5, 0.6) is 0 Å². The van der Waals surface area contributed by atoms with Crippen LogP contribution in [0.4, 0.5) is 10.2 Å². The Kier molecular flexibility index (Phi) is 4.66. The monoisotopic (exact) mass is 335 g/mol. The zero-order valence-electron chi connectivity index (χ0n) is 12.9. The summed E-state index contributed by atoms with van der Waals surface area (Å²) in [6.45, 7) is 0. The van der Waals surface area contributed by atoms with Gasteiger partial charge in [0.05, 0.1) is 0 Å². The number of hydrogen-bond acceptors (Lipinski definition) is 3. The van der Waals surface area contributed by atoms with Crippen molar-refractivity contribution in [2.75, 3.05) is 12.4 Å². The summed E-state index contributed by atoms with van der Waals surface area (Å²) in [5, 5.41) is 7.54. The third-order valence-electron chi connectivity index (χ3n) is 4.48. The molecule has 1 aromatic heterocycles. The number of rotatable bonds is 3. The Labute approximate surface area is 139 Å². The normalized spacial score (nSPS) is 21.2. The van der Waals surface area contributed by atoms with Crippen LogP contribution in [0, 0.1) is 11.7 Å². The van der Waals surface area contributed by atoms with Crippen molar-refractivity contribution in [3.8, 4) is 0 Å². The first kappa shape index (κ1) is 16.0. The van der Waals surface area contributed by atoms with E-state index >= 15 is 0 Å². The molecule has 23 heavy (non-hydrogen) atoms. The Morgan fingerprint density at radius 1 is 1.26 bits per heavy atom. The van der Waals surface area contributed by atoms with Gasteiger partial charge >= 0.3 is 0 Å². The number of amides is 1. The molecule has 3 rings (SSSR count). The molecule has 6 heteroatoms. The van der Waals surface area contributed by atoms with Crippen LogP contribution in [0.1, 0.15) is 25.7 Å². The SMILES string of the molecule is CNC(=O)C1CCC(Nc2nc(Cl)cc3c(F)cccc23)CC1. The minimum atomic E-state index is -0.307. The van der Waals surface area contributed by atoms with E-state index in [2.05, 4.69) is 15.6 Å². The third-order valence-corrected chi connectivity index (χ3v) is 4.67. The Morgan fingerprint density at radius 2 is 2.00 bits per heavy atom. The standard InChI is InChI=1S/C17H19ClFN3O/c1-20-17(23)10-5-7-11(8-6-10)21-16-12-3-2-4-14(19)13(12)9-15(18)22-16/h2-4,9-11H,5-8H2,1H3,(H,20,23)(H,21,22). The second kappa shape index (κ2) is 6.71. The van der Waals surface area contributed by atoms with Gasteiger partial charge in [-0.25, -0.2) is 9.37 Å². The Hall–Kier alpha value is -1.88. The van der Waals surface area contributed by atoms with Crippen LogP contribution in [-0.2, 0) is 4.79 Å². The lowest BCUT2D eigenvalue weighted by atomic mass is 9.85. The lowest BCUT2D eigenvalue weighted by molar-refractivity contribution is -0.125. The van der Waals surface area contributed by atoms with Crippen molar-refractivity contribution in [2.45, 2.75) is 31.7 Å². The first-order chi connectivity index (χ1) is 11.1. The molecule has 0 unspecified atom stereocenters. The molecule has 1 fully saturated rings. The Bertz CT molecular complexity index is 729. The maximum atomic E-state index is 13.9. The molecule has 4 nitrogen and oxygen atoms in total. The molecular weight excluding hydrogens is 317 g/mol. The molecule has 0 radical (unpaired) electrons. The molecule has 2 N–H and O–H groups in total. The van der Waals surface area contributed by atoms with E-state index in [1.807, 2.05) is 6.07 Å². The lowest BCUT2D eigenvalue weighted by Gasteiger charge is -2.28. The highest BCUT2D eigenvalue weighted by atomic mass is 35.5. The lowest BCUT2D eigenvalue weighted by Crippen LogP contribution is -2.34. The van der Waals surface area contributed by atoms with Gasteiger partial charge in [0.15, 0.2) is 0 Å². The first-order valence-electron chi connectivity index (χ1n) is 7.81. The van der Waals surface area contributed by atoms with Gasteiger partial charge in [0.2, 0.25) is 5.91 Å². The molecule has 1 saturated carbocycles. The first-order valence-corrected chi connectivity index (χ1v) is 8.19. The maximum Gasteiger partial charge on any atom is 0.222 e. The predicted molar refractivity (Wildman–Crippen MR) is 90.1 cm³/mol. The zero-order valence-corrected chi connectivity index (χ0v) is 13.7. The second-order valence-electron chi connectivity index (χ2n) is 5.94. The smallest absolute Gasteiger partial charge is 0.222 e. The van der Waals surface area contributed by atoms with Crippen molar-refractivity contribution >= 4 is 34.1 Å². The number of benzene rings is 1. The number of halogens is 2. The molecule has 122 valence electrons. The summed E-state index contributed by atoms with van der Waals surface area (Å²) in [5.41, 5.74) is 0. The van der Waals surface area contributed by atoms with Crippen molar-refractivity contribution in [3.05, 3.63) is 35.2 Å². The van der Waals surface area contributed by atoms with Gasteiger partial charge in [-0.1, -0.05) is 23.7 Å². The van der Waals surface area contributed by atoms with Gasteiger partial charge in [-0.05, 0) is 37.8 Å². The minimum absolute atomic E-state index is 0.0829. The molecule has 1 heterocycles. The van der Waals surface area contributed by atoms with Gasteiger partial charge in [0, 0.05) is 29.8 Å². The van der Waals surface area contributed by atoms with Gasteiger partial charge in [-0.2, -0.15) is 0 Å². The summed E-state index contributed by atoms with van der Waals surface area (Å²) < 4.78 is 13.9. The van der Waals surface area contributed by atoms with Crippen LogP contribution < -0.4 is 10.6 Å². The number of carbonyl (C=O) groups excluding carboxylic acids is 1. The van der Waals surface area contributed by atoms with Crippen LogP contribution in [0.2, 0.25) is 5.15 Å². The second-order valence-corrected chi connectivity index (χ2v) is 6.32. The summed E-state index contributed by atoms with van der Waals surface area (Å²) in [6.07, 6.45) is 3.43. The highest BCUT2D eigenvalue weighted by Crippen LogP contribution is 2.31. The van der Waals surface area contributed by atoms with E-state index in [0.717, 1.165) is 31.1 Å². The summed E-state index contributed by atoms with van der Waals surface area (Å²) >= 11 is 6.03. The summed E-state index contributed by atoms with van der Waals surface area (Å²) in [7, 11) is 1.67. The summed E-state index contributed by atoms with van der Waals surface area (Å²) in [6, 6.07) is 6.67. The molecule has 0 atom stereocenters. The van der Waals surface area contributed by atoms with E-state index in [9.17, 15) is 9.18 Å². The molecule has 2 aromatic rings. The third kappa shape index (κ3) is 3.39. The zero-order chi connectivity index (χ0) is 16.4. The highest BCUT2D eigenvalue weighted by Gasteiger charge is 2.26. The van der Waals surface area contributed by atoms with Gasteiger partial charge in [0.1, 0.15) is 16.8 Å². The Morgan fingerprint density at radius 3 is 2.70 bits per heavy atom. The van der Waals surface area contributed by atoms with Gasteiger partial charge in [0.25, 0.3) is 0 Å². The largest absolute Gasteiger partial charge is 0.367 e. The average Bonchev–Trinajstić information content (AvgIpc) is 2.56. The number of anilines is 1. The van der Waals surface area contributed by atoms with Gasteiger partial charge < -0.3 is 10.6 Å². The molecule has 0 spiro atoms. The number of pyridine rings is 1. The van der Waals surface area contributed by atoms with Crippen molar-refractivity contribution in [1.29, 1.82) is 0 Å². The number of hydrogen-bond donors (Lipinski definition) is 2. The van der Waals surface area contributed by atoms with Gasteiger partial charge in [-0.15, -0.1) is 0 Å². The van der Waals surface area contributed by atoms with E-state index in [4.69, 9.17) is 11.6 Å². The fraction of sp³-hybridized carbons (Fsp3) is 0.412. The Balaban J connectivity index is 1.78. The van der Waals surface area contributed by atoms with Crippen molar-refractivity contribution < 1.29 is 9.18 Å². The number of fused-ring (bicyclic) bond motifs is 1. The summed E-state index contributed by atoms with van der Waals surface area (Å²) in [4.78, 5) is 16.0. The van der Waals surface area contributed by atoms with E-state index in [-0.39, 0.29) is 28.8 Å². The molecule has 0 aliphatic heterocycles. The molecular formula is C17H19ClFN3O. The van der Waals surface area contributed by atoms with Crippen molar-refractivity contribution in [2.24, 2.45) is 5.92 Å². The quantitative estimate of drug-likeness (QED) is 0.840. The predicted octanol–water partition coefficient (Wildman–Crippen LogP) is 3.74. The molecule has 1 aliphatic carbocycles. The van der Waals surface area contributed by atoms with Crippen molar-refractivity contribution in [1.82, 2.24) is 10.3 Å².